The van der Waals surface area contributed by atoms with Crippen molar-refractivity contribution in [2.45, 2.75) is 12.8 Å². The zero-order chi connectivity index (χ0) is 30.3. The molecule has 0 atom stereocenters. The molecule has 0 fully saturated rings. The van der Waals surface area contributed by atoms with Crippen LogP contribution in [0.2, 0.25) is 0 Å². The van der Waals surface area contributed by atoms with E-state index < -0.39 is 0 Å². The van der Waals surface area contributed by atoms with E-state index in [1.54, 1.807) is 0 Å². The van der Waals surface area contributed by atoms with E-state index in [0.717, 1.165) is 63.4 Å². The molecule has 0 aliphatic carbocycles. The van der Waals surface area contributed by atoms with Crippen molar-refractivity contribution in [3.8, 4) is 33.4 Å². The van der Waals surface area contributed by atoms with Crippen LogP contribution in [-0.4, -0.2) is 0 Å². The molecule has 0 saturated carbocycles. The van der Waals surface area contributed by atoms with Crippen LogP contribution in [0.25, 0.3) is 33.4 Å². The lowest BCUT2D eigenvalue weighted by Crippen LogP contribution is -2.15. The lowest BCUT2D eigenvalue weighted by Gasteiger charge is -2.33. The Morgan fingerprint density at radius 3 is 1.45 bits per heavy atom. The third-order valence-electron chi connectivity index (χ3n) is 7.96. The Morgan fingerprint density at radius 1 is 0.455 bits per heavy atom. The minimum Gasteiger partial charge on any atom is -0.399 e. The van der Waals surface area contributed by atoms with E-state index in [-0.39, 0.29) is 0 Å². The SMILES string of the molecule is C=CCc1ccccc1N(c1ccccc1CC=C)c1ccc(-c2ccc(N)cc2)c(-c2ccccc2)c1-c1ccccc1. The topological polar surface area (TPSA) is 29.3 Å². The Morgan fingerprint density at radius 2 is 0.932 bits per heavy atom. The molecule has 2 heteroatoms. The van der Waals surface area contributed by atoms with E-state index in [4.69, 9.17) is 5.73 Å². The van der Waals surface area contributed by atoms with Crippen LogP contribution < -0.4 is 10.6 Å². The second kappa shape index (κ2) is 13.1. The van der Waals surface area contributed by atoms with E-state index in [9.17, 15) is 0 Å². The van der Waals surface area contributed by atoms with Gasteiger partial charge in [-0.05, 0) is 82.1 Å². The summed E-state index contributed by atoms with van der Waals surface area (Å²) in [5.74, 6) is 0. The highest BCUT2D eigenvalue weighted by atomic mass is 15.1. The van der Waals surface area contributed by atoms with Gasteiger partial charge in [0.15, 0.2) is 0 Å². The normalized spacial score (nSPS) is 10.7. The first-order valence-corrected chi connectivity index (χ1v) is 15.0. The van der Waals surface area contributed by atoms with Crippen molar-refractivity contribution in [3.05, 3.63) is 182 Å². The van der Waals surface area contributed by atoms with Crippen molar-refractivity contribution in [1.82, 2.24) is 0 Å². The Labute approximate surface area is 261 Å². The van der Waals surface area contributed by atoms with Crippen LogP contribution in [0.15, 0.2) is 171 Å². The zero-order valence-corrected chi connectivity index (χ0v) is 24.9. The van der Waals surface area contributed by atoms with Gasteiger partial charge in [-0.25, -0.2) is 0 Å². The van der Waals surface area contributed by atoms with Gasteiger partial charge in [-0.2, -0.15) is 0 Å². The van der Waals surface area contributed by atoms with Gasteiger partial charge in [0.05, 0.1) is 5.69 Å². The van der Waals surface area contributed by atoms with Gasteiger partial charge in [-0.3, -0.25) is 0 Å². The lowest BCUT2D eigenvalue weighted by atomic mass is 9.85. The van der Waals surface area contributed by atoms with E-state index in [1.807, 2.05) is 24.3 Å². The Bertz CT molecular complexity index is 1830. The molecule has 0 radical (unpaired) electrons. The molecule has 44 heavy (non-hydrogen) atoms. The highest BCUT2D eigenvalue weighted by Crippen LogP contribution is 2.50. The van der Waals surface area contributed by atoms with Crippen LogP contribution >= 0.6 is 0 Å². The molecule has 214 valence electrons. The number of para-hydroxylation sites is 2. The Hall–Kier alpha value is -5.60. The number of nitrogens with two attached hydrogens (primary N) is 1. The van der Waals surface area contributed by atoms with E-state index in [0.29, 0.717) is 0 Å². The maximum Gasteiger partial charge on any atom is 0.0546 e. The Balaban J connectivity index is 1.76. The van der Waals surface area contributed by atoms with Crippen LogP contribution in [-0.2, 0) is 12.8 Å². The van der Waals surface area contributed by atoms with Crippen molar-refractivity contribution in [2.24, 2.45) is 0 Å². The maximum atomic E-state index is 6.12. The van der Waals surface area contributed by atoms with Gasteiger partial charge in [0.25, 0.3) is 0 Å². The molecule has 0 bridgehead atoms. The average Bonchev–Trinajstić information content (AvgIpc) is 3.07. The van der Waals surface area contributed by atoms with Crippen molar-refractivity contribution in [3.63, 3.8) is 0 Å². The summed E-state index contributed by atoms with van der Waals surface area (Å²) in [6.45, 7) is 8.16. The number of rotatable bonds is 10. The molecule has 2 nitrogen and oxygen atoms in total. The second-order valence-electron chi connectivity index (χ2n) is 10.8. The number of anilines is 4. The van der Waals surface area contributed by atoms with E-state index >= 15 is 0 Å². The second-order valence-corrected chi connectivity index (χ2v) is 10.8. The third kappa shape index (κ3) is 5.71. The smallest absolute Gasteiger partial charge is 0.0546 e. The predicted octanol–water partition coefficient (Wildman–Crippen LogP) is 11.2. The van der Waals surface area contributed by atoms with Crippen LogP contribution in [0.4, 0.5) is 22.7 Å². The third-order valence-corrected chi connectivity index (χ3v) is 7.96. The predicted molar refractivity (Wildman–Crippen MR) is 190 cm³/mol. The van der Waals surface area contributed by atoms with Crippen molar-refractivity contribution < 1.29 is 0 Å². The lowest BCUT2D eigenvalue weighted by molar-refractivity contribution is 1.16. The first-order valence-electron chi connectivity index (χ1n) is 15.0. The number of allylic oxidation sites excluding steroid dienone is 2. The summed E-state index contributed by atoms with van der Waals surface area (Å²) < 4.78 is 0. The standard InChI is InChI=1S/C42H36N2/c1-3-15-32-17-11-13-23-38(32)44(39-24-14-12-18-33(39)16-4-2)40-30-29-37(31-25-27-36(43)28-26-31)41(34-19-7-5-8-20-34)42(40)35-21-9-6-10-22-35/h3-14,17-30H,1-2,15-16,43H2. The summed E-state index contributed by atoms with van der Waals surface area (Å²) in [5, 5.41) is 0. The number of hydrogen-bond donors (Lipinski definition) is 1. The van der Waals surface area contributed by atoms with Gasteiger partial charge in [0, 0.05) is 22.6 Å². The molecule has 2 N–H and O–H groups in total. The number of hydrogen-bond acceptors (Lipinski definition) is 2. The minimum absolute atomic E-state index is 0.749. The molecule has 0 spiro atoms. The van der Waals surface area contributed by atoms with Gasteiger partial charge in [-0.15, -0.1) is 13.2 Å². The van der Waals surface area contributed by atoms with Gasteiger partial charge in [0.1, 0.15) is 0 Å². The summed E-state index contributed by atoms with van der Waals surface area (Å²) >= 11 is 0. The number of nitrogen functional groups attached to an aromatic ring is 1. The average molecular weight is 569 g/mol. The fraction of sp³-hybridized carbons (Fsp3) is 0.0476. The maximum absolute atomic E-state index is 6.12. The molecular formula is C42H36N2. The number of benzene rings is 6. The molecule has 0 aliphatic heterocycles. The number of nitrogens with zero attached hydrogens (tertiary/aromatic N) is 1. The van der Waals surface area contributed by atoms with Gasteiger partial charge >= 0.3 is 0 Å². The molecule has 0 unspecified atom stereocenters. The molecular weight excluding hydrogens is 532 g/mol. The first-order chi connectivity index (χ1) is 21.7. The van der Waals surface area contributed by atoms with E-state index in [2.05, 4.69) is 152 Å². The van der Waals surface area contributed by atoms with Crippen LogP contribution in [0.1, 0.15) is 11.1 Å². The van der Waals surface area contributed by atoms with Crippen LogP contribution in [0, 0.1) is 0 Å². The molecule has 6 rings (SSSR count). The quantitative estimate of drug-likeness (QED) is 0.132. The van der Waals surface area contributed by atoms with E-state index in [1.165, 1.54) is 16.7 Å². The molecule has 6 aromatic rings. The molecule has 0 aliphatic rings. The van der Waals surface area contributed by atoms with Crippen molar-refractivity contribution in [2.75, 3.05) is 10.6 Å². The Kier molecular flexibility index (Phi) is 8.52. The molecule has 0 saturated heterocycles. The summed E-state index contributed by atoms with van der Waals surface area (Å²) in [7, 11) is 0. The molecule has 0 amide bonds. The summed E-state index contributed by atoms with van der Waals surface area (Å²) in [5.41, 5.74) is 19.5. The fourth-order valence-corrected chi connectivity index (χ4v) is 5.99. The first kappa shape index (κ1) is 28.5. The molecule has 0 heterocycles. The largest absolute Gasteiger partial charge is 0.399 e. The monoisotopic (exact) mass is 568 g/mol. The minimum atomic E-state index is 0.749. The van der Waals surface area contributed by atoms with Crippen LogP contribution in [0.3, 0.4) is 0 Å². The summed E-state index contributed by atoms with van der Waals surface area (Å²) in [6, 6.07) is 51.4. The molecule has 6 aromatic carbocycles. The van der Waals surface area contributed by atoms with Crippen molar-refractivity contribution in [1.29, 1.82) is 0 Å². The molecule has 0 aromatic heterocycles. The summed E-state index contributed by atoms with van der Waals surface area (Å²) in [6.07, 6.45) is 5.47. The van der Waals surface area contributed by atoms with Gasteiger partial charge in [-0.1, -0.05) is 127 Å². The highest BCUT2D eigenvalue weighted by molar-refractivity contribution is 6.03. The highest BCUT2D eigenvalue weighted by Gasteiger charge is 2.25. The van der Waals surface area contributed by atoms with Gasteiger partial charge in [0.2, 0.25) is 0 Å². The fourth-order valence-electron chi connectivity index (χ4n) is 5.99. The van der Waals surface area contributed by atoms with Gasteiger partial charge < -0.3 is 10.6 Å². The summed E-state index contributed by atoms with van der Waals surface area (Å²) in [4.78, 5) is 2.43. The van der Waals surface area contributed by atoms with Crippen LogP contribution in [0.5, 0.6) is 0 Å². The zero-order valence-electron chi connectivity index (χ0n) is 24.9. The van der Waals surface area contributed by atoms with Crippen molar-refractivity contribution >= 4 is 22.7 Å².